The minimum Gasteiger partial charge on any atom is -0.485 e. The minimum absolute atomic E-state index is 0.642. The molecule has 636 valence electrons. The summed E-state index contributed by atoms with van der Waals surface area (Å²) in [7, 11) is 0. The van der Waals surface area contributed by atoms with Crippen molar-refractivity contribution < 1.29 is 9.47 Å². The zero-order chi connectivity index (χ0) is 89.5. The third-order valence-electron chi connectivity index (χ3n) is 25.2. The maximum atomic E-state index is 5.72. The van der Waals surface area contributed by atoms with Crippen molar-refractivity contribution in [1.82, 2.24) is 0 Å². The van der Waals surface area contributed by atoms with Gasteiger partial charge in [-0.05, 0) is 237 Å². The molecule has 0 aliphatic carbocycles. The Morgan fingerprint density at radius 1 is 0.167 bits per heavy atom. The molecule has 0 saturated carbocycles. The van der Waals surface area contributed by atoms with E-state index in [1.807, 2.05) is 46.9 Å². The molecule has 3 aromatic heterocycles. The molecule has 0 atom stereocenters. The zero-order valence-corrected chi connectivity index (χ0v) is 77.6. The van der Waals surface area contributed by atoms with E-state index in [0.29, 0.717) is 13.2 Å². The van der Waals surface area contributed by atoms with Gasteiger partial charge in [-0.3, -0.25) is 0 Å². The molecule has 4 heterocycles. The molecule has 0 spiro atoms. The number of benzene rings is 22. The maximum absolute atomic E-state index is 5.72. The Labute approximate surface area is 783 Å². The van der Waals surface area contributed by atoms with Crippen LogP contribution in [0.5, 0.6) is 11.5 Å². The molecule has 25 aromatic rings. The summed E-state index contributed by atoms with van der Waals surface area (Å²) >= 11 is 5.49. The van der Waals surface area contributed by atoms with Gasteiger partial charge in [0.1, 0.15) is 13.2 Å². The highest BCUT2D eigenvalue weighted by Gasteiger charge is 2.23. The standard InChI is InChI=1S/2C25H18.C19H14.C19H16.C13H12O2S.2C13H10S/c1-17-7-6-8-18(15-17)19-13-14-24-22-11-3-2-9-20(22)21-10-4-5-12-23(21)25(24)16-19;1-17-10-12-18(13-11-17)19-14-15-24-22-8-3-2-6-20(22)21-7-4-5-9-23(21)25(24)16-19;1-13-10-11-18-16-8-3-2-6-14(16)15-7-4-5-9-17(15)19(18)12-13;1-15-7-9-17(10-8-15)19-13-11-18(12-14-19)16-5-3-2-4-6-16;1-9-11-12(15-8-7-14-11)13(16-9)10-5-3-2-4-6-10;1-9-5-4-7-11-10-6-2-3-8-12(10)14-13(9)11;1-9-6-7-13-11(8-9)10-4-2-3-5-12(10)14-13/h2*2-16H,1H3;2-12H,1H3;2-14H,1H3;2-6H,7-8H2,1H3;2*2-8H,1H3. The van der Waals surface area contributed by atoms with Crippen LogP contribution >= 0.6 is 34.0 Å². The number of thiophene rings is 3. The van der Waals surface area contributed by atoms with E-state index in [9.17, 15) is 0 Å². The lowest BCUT2D eigenvalue weighted by Gasteiger charge is -2.16. The molecule has 0 fully saturated rings. The number of aryl methyl sites for hydroxylation is 7. The molecular weight excluding hydrogens is 1650 g/mol. The van der Waals surface area contributed by atoms with Crippen molar-refractivity contribution in [2.75, 3.05) is 13.2 Å². The molecule has 22 aromatic carbocycles. The van der Waals surface area contributed by atoms with E-state index in [4.69, 9.17) is 9.47 Å². The van der Waals surface area contributed by atoms with Gasteiger partial charge < -0.3 is 9.47 Å². The van der Waals surface area contributed by atoms with Crippen molar-refractivity contribution in [2.45, 2.75) is 48.5 Å². The third kappa shape index (κ3) is 17.7. The van der Waals surface area contributed by atoms with Crippen LogP contribution in [0, 0.1) is 48.5 Å². The van der Waals surface area contributed by atoms with Crippen LogP contribution in [-0.4, -0.2) is 13.2 Å². The lowest BCUT2D eigenvalue weighted by Crippen LogP contribution is -2.14. The van der Waals surface area contributed by atoms with Crippen LogP contribution in [0.4, 0.5) is 0 Å². The Hall–Kier alpha value is -15.1. The molecule has 26 rings (SSSR count). The van der Waals surface area contributed by atoms with Crippen LogP contribution in [0.3, 0.4) is 0 Å². The first kappa shape index (κ1) is 85.0. The summed E-state index contributed by atoms with van der Waals surface area (Å²) in [6.07, 6.45) is 0. The summed E-state index contributed by atoms with van der Waals surface area (Å²) < 4.78 is 16.9. The topological polar surface area (TPSA) is 18.5 Å². The highest BCUT2D eigenvalue weighted by Crippen LogP contribution is 2.50. The van der Waals surface area contributed by atoms with E-state index < -0.39 is 0 Å². The summed E-state index contributed by atoms with van der Waals surface area (Å²) in [6.45, 7) is 16.2. The van der Waals surface area contributed by atoms with Gasteiger partial charge in [-0.25, -0.2) is 0 Å². The third-order valence-corrected chi connectivity index (χ3v) is 28.8. The minimum atomic E-state index is 0.642. The SMILES string of the molecule is Cc1ccc(-c2ccc(-c3ccccc3)cc2)cc1.Cc1ccc(-c2ccc3c4ccccc4c4ccccc4c3c2)cc1.Cc1ccc2c3ccccc3c3ccccc3c2c1.Cc1ccc2sc3ccccc3c2c1.Cc1cccc(-c2ccc3c4ccccc4c4ccccc4c3c2)c1.Cc1cccc2c1sc1ccccc12.Cc1sc(-c2ccccc2)c2c1OCCO2. The van der Waals surface area contributed by atoms with Gasteiger partial charge >= 0.3 is 0 Å². The van der Waals surface area contributed by atoms with Crippen LogP contribution < -0.4 is 9.47 Å². The maximum Gasteiger partial charge on any atom is 0.180 e. The fourth-order valence-electron chi connectivity index (χ4n) is 18.6. The Morgan fingerprint density at radius 3 is 0.909 bits per heavy atom. The first-order chi connectivity index (χ1) is 64.9. The van der Waals surface area contributed by atoms with Crippen LogP contribution in [0.2, 0.25) is 0 Å². The molecule has 0 saturated heterocycles. The van der Waals surface area contributed by atoms with Gasteiger partial charge in [0.15, 0.2) is 11.5 Å². The van der Waals surface area contributed by atoms with Crippen molar-refractivity contribution in [2.24, 2.45) is 0 Å². The van der Waals surface area contributed by atoms with Crippen LogP contribution in [0.15, 0.2) is 443 Å². The molecule has 5 heteroatoms. The Bertz CT molecular complexity index is 8400. The van der Waals surface area contributed by atoms with Crippen molar-refractivity contribution in [3.05, 3.63) is 481 Å². The Kier molecular flexibility index (Phi) is 24.7. The van der Waals surface area contributed by atoms with E-state index in [-0.39, 0.29) is 0 Å². The molecule has 0 radical (unpaired) electrons. The highest BCUT2D eigenvalue weighted by atomic mass is 32.1. The quantitative estimate of drug-likeness (QED) is 0.160. The molecule has 1 aliphatic heterocycles. The molecular formula is C127H98O2S3. The van der Waals surface area contributed by atoms with Crippen molar-refractivity contribution in [1.29, 1.82) is 0 Å². The molecule has 0 N–H and O–H groups in total. The monoisotopic (exact) mass is 1750 g/mol. The second-order valence-electron chi connectivity index (χ2n) is 34.2. The van der Waals surface area contributed by atoms with Crippen molar-refractivity contribution in [3.8, 4) is 66.4 Å². The molecule has 0 amide bonds. The smallest absolute Gasteiger partial charge is 0.180 e. The largest absolute Gasteiger partial charge is 0.485 e. The predicted octanol–water partition coefficient (Wildman–Crippen LogP) is 37.2. The number of hydrogen-bond acceptors (Lipinski definition) is 5. The van der Waals surface area contributed by atoms with E-state index in [1.165, 1.54) is 231 Å². The molecule has 0 unspecified atom stereocenters. The first-order valence-corrected chi connectivity index (χ1v) is 47.8. The first-order valence-electron chi connectivity index (χ1n) is 45.4. The second kappa shape index (κ2) is 38.3. The average molecular weight is 1750 g/mol. The summed E-state index contributed by atoms with van der Waals surface area (Å²) in [5.41, 5.74) is 19.2. The summed E-state index contributed by atoms with van der Waals surface area (Å²) in [6, 6.07) is 159. The van der Waals surface area contributed by atoms with Gasteiger partial charge in [-0.2, -0.15) is 0 Å². The van der Waals surface area contributed by atoms with Gasteiger partial charge in [0, 0.05) is 45.2 Å². The average Bonchev–Trinajstić information content (AvgIpc) is 1.18. The number of rotatable bonds is 5. The zero-order valence-electron chi connectivity index (χ0n) is 75.1. The lowest BCUT2D eigenvalue weighted by molar-refractivity contribution is 0.173. The summed E-state index contributed by atoms with van der Waals surface area (Å²) in [4.78, 5) is 2.36. The van der Waals surface area contributed by atoms with E-state index in [1.54, 1.807) is 11.3 Å². The number of ether oxygens (including phenoxy) is 2. The van der Waals surface area contributed by atoms with Gasteiger partial charge in [-0.15, -0.1) is 34.0 Å². The van der Waals surface area contributed by atoms with Crippen LogP contribution in [-0.2, 0) is 0 Å². The molecule has 0 bridgehead atoms. The fraction of sp³-hybridized carbons (Fsp3) is 0.0709. The summed E-state index contributed by atoms with van der Waals surface area (Å²) in [5.74, 6) is 1.84. The van der Waals surface area contributed by atoms with Gasteiger partial charge in [0.2, 0.25) is 0 Å². The van der Waals surface area contributed by atoms with Crippen molar-refractivity contribution >= 4 is 171 Å². The summed E-state index contributed by atoms with van der Waals surface area (Å²) in [5, 5.41) is 29.5. The highest BCUT2D eigenvalue weighted by molar-refractivity contribution is 7.26. The van der Waals surface area contributed by atoms with E-state index in [2.05, 4.69) is 467 Å². The Morgan fingerprint density at radius 2 is 0.447 bits per heavy atom. The van der Waals surface area contributed by atoms with Crippen LogP contribution in [0.1, 0.15) is 38.3 Å². The number of fused-ring (bicyclic) bond motifs is 25. The molecule has 2 nitrogen and oxygen atoms in total. The van der Waals surface area contributed by atoms with Gasteiger partial charge in [0.25, 0.3) is 0 Å². The lowest BCUT2D eigenvalue weighted by atomic mass is 9.92. The second-order valence-corrected chi connectivity index (χ2v) is 37.6. The molecule has 132 heavy (non-hydrogen) atoms. The molecule has 1 aliphatic rings. The van der Waals surface area contributed by atoms with Crippen molar-refractivity contribution in [3.63, 3.8) is 0 Å². The van der Waals surface area contributed by atoms with E-state index in [0.717, 1.165) is 11.5 Å². The predicted molar refractivity (Wildman–Crippen MR) is 578 cm³/mol. The Balaban J connectivity index is 0.0000000970. The fourth-order valence-corrected chi connectivity index (χ4v) is 21.9. The normalized spacial score (nSPS) is 11.5. The van der Waals surface area contributed by atoms with Gasteiger partial charge in [0.05, 0.1) is 4.88 Å². The van der Waals surface area contributed by atoms with Crippen LogP contribution in [0.25, 0.3) is 192 Å². The number of hydrogen-bond donors (Lipinski definition) is 0. The van der Waals surface area contributed by atoms with Gasteiger partial charge in [-0.1, -0.05) is 434 Å². The van der Waals surface area contributed by atoms with E-state index >= 15 is 0 Å².